The molecule has 0 aromatic carbocycles. The summed E-state index contributed by atoms with van der Waals surface area (Å²) in [5.41, 5.74) is 0. The summed E-state index contributed by atoms with van der Waals surface area (Å²) < 4.78 is 17.1. The van der Waals surface area contributed by atoms with Gasteiger partial charge in [-0.25, -0.2) is 0 Å². The first-order valence-corrected chi connectivity index (χ1v) is 4.38. The fourth-order valence-corrected chi connectivity index (χ4v) is 0. The first kappa shape index (κ1) is 49.5. The third-order valence-electron chi connectivity index (χ3n) is 0. The van der Waals surface area contributed by atoms with Crippen LogP contribution < -0.4 is 118 Å². The van der Waals surface area contributed by atoms with E-state index in [9.17, 15) is 0 Å². The summed E-state index contributed by atoms with van der Waals surface area (Å²) in [5, 5.41) is 0. The summed E-state index contributed by atoms with van der Waals surface area (Å²) >= 11 is 0. The van der Waals surface area contributed by atoms with Crippen LogP contribution in [0.25, 0.3) is 0 Å². The SMILES string of the molecule is O=P([O-])([O-])[O-].O=P([O-])([O-])[O-].[Ca+2].[Ca+2].[Ca+2].[H-].[H-].[H-].[Na+].[Na+].[Na+]. The topological polar surface area (TPSA) is 172 Å². The summed E-state index contributed by atoms with van der Waals surface area (Å²) in [6.07, 6.45) is 0. The van der Waals surface area contributed by atoms with Crippen LogP contribution >= 0.6 is 15.6 Å². The summed E-state index contributed by atoms with van der Waals surface area (Å²) in [5.74, 6) is 0. The van der Waals surface area contributed by atoms with Gasteiger partial charge in [0.1, 0.15) is 0 Å². The summed E-state index contributed by atoms with van der Waals surface area (Å²) in [7, 11) is -10.8. The summed E-state index contributed by atoms with van der Waals surface area (Å²) in [6.45, 7) is 0. The minimum absolute atomic E-state index is 0. The van der Waals surface area contributed by atoms with Gasteiger partial charge < -0.3 is 42.8 Å². The number of phosphoric acid groups is 2. The Morgan fingerprint density at radius 1 is 0.562 bits per heavy atom. The van der Waals surface area contributed by atoms with Gasteiger partial charge in [0.2, 0.25) is 0 Å². The second-order valence-corrected chi connectivity index (χ2v) is 2.68. The van der Waals surface area contributed by atoms with E-state index in [1.165, 1.54) is 0 Å². The third kappa shape index (κ3) is 171. The van der Waals surface area contributed by atoms with Crippen LogP contribution in [0.1, 0.15) is 4.28 Å². The fraction of sp³-hybridized carbons (Fsp3) is 0. The van der Waals surface area contributed by atoms with Gasteiger partial charge in [-0.15, -0.1) is 0 Å². The zero-order valence-corrected chi connectivity index (χ0v) is 23.7. The molecule has 0 unspecified atom stereocenters. The fourth-order valence-electron chi connectivity index (χ4n) is 0. The Bertz CT molecular complexity index is 153. The van der Waals surface area contributed by atoms with E-state index >= 15 is 0 Å². The molecule has 0 aliphatic heterocycles. The van der Waals surface area contributed by atoms with Crippen molar-refractivity contribution >= 4 is 129 Å². The first-order chi connectivity index (χ1) is 4.00. The molecule has 0 radical (unpaired) electrons. The van der Waals surface area contributed by atoms with Gasteiger partial charge in [0, 0.05) is 0 Å². The Hall–Kier alpha value is 7.00. The van der Waals surface area contributed by atoms with Gasteiger partial charge >= 0.3 is 202 Å². The Balaban J connectivity index is -0.00000000508. The van der Waals surface area contributed by atoms with Crippen molar-refractivity contribution in [3.8, 4) is 0 Å². The van der Waals surface area contributed by atoms with Gasteiger partial charge in [0.05, 0.1) is 0 Å². The summed E-state index contributed by atoms with van der Waals surface area (Å²) in [6, 6.07) is 0. The van der Waals surface area contributed by atoms with Crippen LogP contribution in [0.15, 0.2) is 0 Å². The van der Waals surface area contributed by atoms with Crippen LogP contribution in [0.4, 0.5) is 0 Å². The number of hydrogen-bond acceptors (Lipinski definition) is 8. The third-order valence-corrected chi connectivity index (χ3v) is 0. The first-order valence-electron chi connectivity index (χ1n) is 1.46. The zero-order chi connectivity index (χ0) is 9.00. The molecule has 0 heterocycles. The second-order valence-electron chi connectivity index (χ2n) is 0.894. The Morgan fingerprint density at radius 2 is 0.562 bits per heavy atom. The molecule has 0 saturated heterocycles. The van der Waals surface area contributed by atoms with Crippen LogP contribution in [0.5, 0.6) is 0 Å². The molecule has 0 aliphatic carbocycles. The molecule has 0 aromatic rings. The molecule has 16 heteroatoms. The van der Waals surface area contributed by atoms with Gasteiger partial charge in [-0.2, -0.15) is 15.6 Å². The van der Waals surface area contributed by atoms with Crippen molar-refractivity contribution in [3.63, 3.8) is 0 Å². The predicted molar refractivity (Wildman–Crippen MR) is 35.8 cm³/mol. The van der Waals surface area contributed by atoms with Crippen molar-refractivity contribution in [2.75, 3.05) is 0 Å². The van der Waals surface area contributed by atoms with E-state index < -0.39 is 15.6 Å². The Morgan fingerprint density at radius 3 is 0.562 bits per heavy atom. The van der Waals surface area contributed by atoms with Crippen molar-refractivity contribution in [3.05, 3.63) is 0 Å². The minimum atomic E-state index is -5.39. The molecular weight excluding hydrogens is 379 g/mol. The van der Waals surface area contributed by atoms with Crippen molar-refractivity contribution < 1.29 is 131 Å². The van der Waals surface area contributed by atoms with Crippen molar-refractivity contribution in [1.82, 2.24) is 0 Å². The van der Waals surface area contributed by atoms with Gasteiger partial charge in [-0.3, -0.25) is 0 Å². The molecule has 70 valence electrons. The molecule has 0 amide bonds. The maximum absolute atomic E-state index is 8.55. The van der Waals surface area contributed by atoms with E-state index in [1.807, 2.05) is 0 Å². The largest absolute Gasteiger partial charge is 2.00 e. The molecule has 0 aliphatic rings. The second kappa shape index (κ2) is 26.9. The van der Waals surface area contributed by atoms with Gasteiger partial charge in [-0.05, 0) is 0 Å². The molecular formula is H3Ca3Na3O8P2. The zero-order valence-electron chi connectivity index (χ0n) is 12.3. The maximum atomic E-state index is 8.55. The molecule has 0 atom stereocenters. The smallest absolute Gasteiger partial charge is 1.00 e. The summed E-state index contributed by atoms with van der Waals surface area (Å²) in [4.78, 5) is 51.3. The maximum Gasteiger partial charge on any atom is 2.00 e. The predicted octanol–water partition coefficient (Wildman–Crippen LogP) is -15.4. The number of hydrogen-bond donors (Lipinski definition) is 0. The normalized spacial score (nSPS) is 7.38. The van der Waals surface area contributed by atoms with E-state index in [4.69, 9.17) is 38.5 Å². The average molecular weight is 382 g/mol. The van der Waals surface area contributed by atoms with Crippen molar-refractivity contribution in [2.24, 2.45) is 0 Å². The average Bonchev–Trinajstić information content (AvgIpc) is 1.12. The van der Waals surface area contributed by atoms with Crippen LogP contribution in [0.3, 0.4) is 0 Å². The van der Waals surface area contributed by atoms with Crippen LogP contribution in [-0.2, 0) is 9.13 Å². The standard InChI is InChI=1S/3Ca.3Na.2H3O4P.3H/c;;;;;;2*1-5(2,3)4;;;/h;;;;;;2*(H3,1,2,3,4);;;/q3*+2;3*+1;;;3*-1/p-6. The van der Waals surface area contributed by atoms with E-state index in [2.05, 4.69) is 0 Å². The van der Waals surface area contributed by atoms with E-state index in [1.54, 1.807) is 0 Å². The van der Waals surface area contributed by atoms with Crippen LogP contribution in [-0.4, -0.2) is 113 Å². The Kier molecular flexibility index (Phi) is 83.1. The molecule has 0 aromatic heterocycles. The molecule has 16 heavy (non-hydrogen) atoms. The number of rotatable bonds is 0. The molecule has 8 nitrogen and oxygen atoms in total. The molecule has 0 rings (SSSR count). The van der Waals surface area contributed by atoms with Crippen LogP contribution in [0.2, 0.25) is 0 Å². The molecule has 0 spiro atoms. The molecule has 0 N–H and O–H groups in total. The molecule has 0 bridgehead atoms. The molecule has 0 fully saturated rings. The van der Waals surface area contributed by atoms with Crippen molar-refractivity contribution in [2.45, 2.75) is 0 Å². The van der Waals surface area contributed by atoms with E-state index in [-0.39, 0.29) is 206 Å². The van der Waals surface area contributed by atoms with E-state index in [0.717, 1.165) is 0 Å². The monoisotopic (exact) mass is 382 g/mol. The molecule has 0 saturated carbocycles. The van der Waals surface area contributed by atoms with Gasteiger partial charge in [0.15, 0.2) is 0 Å². The van der Waals surface area contributed by atoms with E-state index in [0.29, 0.717) is 0 Å². The van der Waals surface area contributed by atoms with Crippen molar-refractivity contribution in [1.29, 1.82) is 0 Å². The quantitative estimate of drug-likeness (QED) is 0.293. The van der Waals surface area contributed by atoms with Crippen LogP contribution in [0, 0.1) is 0 Å². The Labute approximate surface area is 253 Å². The van der Waals surface area contributed by atoms with Gasteiger partial charge in [0.25, 0.3) is 0 Å². The van der Waals surface area contributed by atoms with Gasteiger partial charge in [-0.1, -0.05) is 0 Å². The minimum Gasteiger partial charge on any atom is -1.00 e.